The smallest absolute Gasteiger partial charge is 0.119 e. The molecule has 5 nitrogen and oxygen atoms in total. The number of hydrogen-bond acceptors (Lipinski definition) is 3. The monoisotopic (exact) mass is 287 g/mol. The zero-order chi connectivity index (χ0) is 15.2. The number of aryl methyl sites for hydroxylation is 2. The van der Waals surface area contributed by atoms with Gasteiger partial charge in [0.2, 0.25) is 0 Å². The molecule has 3 rings (SSSR count). The van der Waals surface area contributed by atoms with E-state index in [-0.39, 0.29) is 5.41 Å². The summed E-state index contributed by atoms with van der Waals surface area (Å²) in [5.74, 6) is 1.14. The van der Waals surface area contributed by atoms with Gasteiger partial charge in [-0.2, -0.15) is 5.10 Å². The summed E-state index contributed by atoms with van der Waals surface area (Å²) < 4.78 is 4.27. The first kappa shape index (κ1) is 14.3. The van der Waals surface area contributed by atoms with Crippen LogP contribution in [-0.4, -0.2) is 25.9 Å². The molecule has 21 heavy (non-hydrogen) atoms. The summed E-state index contributed by atoms with van der Waals surface area (Å²) in [6.07, 6.45) is 4.08. The van der Waals surface area contributed by atoms with Crippen molar-refractivity contribution in [3.05, 3.63) is 29.1 Å². The molecule has 0 aromatic carbocycles. The third-order valence-electron chi connectivity index (χ3n) is 4.02. The van der Waals surface area contributed by atoms with Gasteiger partial charge < -0.3 is 5.32 Å². The molecule has 0 saturated heterocycles. The lowest BCUT2D eigenvalue weighted by molar-refractivity contribution is 0.532. The fourth-order valence-electron chi connectivity index (χ4n) is 3.03. The Morgan fingerprint density at radius 1 is 1.33 bits per heavy atom. The van der Waals surface area contributed by atoms with Gasteiger partial charge >= 0.3 is 0 Å². The molecule has 0 radical (unpaired) electrons. The zero-order valence-corrected chi connectivity index (χ0v) is 13.7. The van der Waals surface area contributed by atoms with Crippen molar-refractivity contribution in [2.45, 2.75) is 52.5 Å². The highest BCUT2D eigenvalue weighted by molar-refractivity contribution is 5.42. The van der Waals surface area contributed by atoms with Crippen LogP contribution in [0.1, 0.15) is 50.6 Å². The number of rotatable bonds is 2. The number of fused-ring (bicyclic) bond motifs is 1. The predicted molar refractivity (Wildman–Crippen MR) is 83.8 cm³/mol. The summed E-state index contributed by atoms with van der Waals surface area (Å²) in [5, 5.41) is 8.03. The summed E-state index contributed by atoms with van der Waals surface area (Å²) in [6.45, 7) is 10.7. The first-order chi connectivity index (χ1) is 9.91. The Balaban J connectivity index is 2.26. The SMILES string of the molecule is CCc1nn(C)cc1-n1c(C(C)(C)C)nc2c1CCNC2. The second-order valence-electron chi connectivity index (χ2n) is 6.83. The largest absolute Gasteiger partial charge is 0.311 e. The third-order valence-corrected chi connectivity index (χ3v) is 4.02. The average Bonchev–Trinajstić information content (AvgIpc) is 2.97. The summed E-state index contributed by atoms with van der Waals surface area (Å²) in [7, 11) is 1.99. The minimum Gasteiger partial charge on any atom is -0.311 e. The molecule has 0 atom stereocenters. The number of hydrogen-bond donors (Lipinski definition) is 1. The van der Waals surface area contributed by atoms with Crippen LogP contribution < -0.4 is 5.32 Å². The Bertz CT molecular complexity index is 657. The Labute approximate surface area is 126 Å². The van der Waals surface area contributed by atoms with Crippen LogP contribution in [-0.2, 0) is 31.8 Å². The second-order valence-corrected chi connectivity index (χ2v) is 6.83. The Morgan fingerprint density at radius 3 is 2.76 bits per heavy atom. The third kappa shape index (κ3) is 2.39. The highest BCUT2D eigenvalue weighted by atomic mass is 15.3. The van der Waals surface area contributed by atoms with Crippen LogP contribution in [0.3, 0.4) is 0 Å². The Kier molecular flexibility index (Phi) is 3.40. The molecular weight excluding hydrogens is 262 g/mol. The van der Waals surface area contributed by atoms with E-state index in [0.717, 1.165) is 37.4 Å². The zero-order valence-electron chi connectivity index (χ0n) is 13.7. The van der Waals surface area contributed by atoms with Crippen molar-refractivity contribution in [2.24, 2.45) is 7.05 Å². The molecule has 3 heterocycles. The summed E-state index contributed by atoms with van der Waals surface area (Å²) in [5.41, 5.74) is 4.89. The van der Waals surface area contributed by atoms with Crippen LogP contribution in [0.25, 0.3) is 5.69 Å². The van der Waals surface area contributed by atoms with Crippen LogP contribution in [0, 0.1) is 0 Å². The lowest BCUT2D eigenvalue weighted by Crippen LogP contribution is -2.25. The van der Waals surface area contributed by atoms with Crippen LogP contribution in [0.15, 0.2) is 6.20 Å². The van der Waals surface area contributed by atoms with E-state index in [1.54, 1.807) is 0 Å². The molecule has 2 aromatic rings. The molecular formula is C16H25N5. The maximum Gasteiger partial charge on any atom is 0.119 e. The van der Waals surface area contributed by atoms with Crippen molar-refractivity contribution in [1.29, 1.82) is 0 Å². The number of nitrogens with one attached hydrogen (secondary N) is 1. The quantitative estimate of drug-likeness (QED) is 0.920. The molecule has 0 fully saturated rings. The molecule has 1 N–H and O–H groups in total. The molecule has 0 amide bonds. The molecule has 0 spiro atoms. The van der Waals surface area contributed by atoms with Crippen LogP contribution in [0.4, 0.5) is 0 Å². The van der Waals surface area contributed by atoms with Gasteiger partial charge in [-0.15, -0.1) is 0 Å². The number of aromatic nitrogens is 4. The molecule has 114 valence electrons. The molecule has 2 aromatic heterocycles. The summed E-state index contributed by atoms with van der Waals surface area (Å²) in [6, 6.07) is 0. The topological polar surface area (TPSA) is 47.7 Å². The average molecular weight is 287 g/mol. The van der Waals surface area contributed by atoms with E-state index in [0.29, 0.717) is 0 Å². The van der Waals surface area contributed by atoms with Gasteiger partial charge in [0.15, 0.2) is 0 Å². The Hall–Kier alpha value is -1.62. The van der Waals surface area contributed by atoms with Gasteiger partial charge in [0.05, 0.1) is 17.1 Å². The van der Waals surface area contributed by atoms with Gasteiger partial charge in [0.1, 0.15) is 5.82 Å². The van der Waals surface area contributed by atoms with Gasteiger partial charge in [0, 0.05) is 43.9 Å². The van der Waals surface area contributed by atoms with E-state index in [4.69, 9.17) is 4.98 Å². The van der Waals surface area contributed by atoms with E-state index < -0.39 is 0 Å². The van der Waals surface area contributed by atoms with Crippen molar-refractivity contribution in [3.63, 3.8) is 0 Å². The van der Waals surface area contributed by atoms with E-state index in [9.17, 15) is 0 Å². The van der Waals surface area contributed by atoms with Gasteiger partial charge in [-0.25, -0.2) is 4.98 Å². The van der Waals surface area contributed by atoms with Crippen LogP contribution in [0.2, 0.25) is 0 Å². The van der Waals surface area contributed by atoms with Gasteiger partial charge in [-0.1, -0.05) is 27.7 Å². The van der Waals surface area contributed by atoms with Crippen LogP contribution in [0.5, 0.6) is 0 Å². The number of imidazole rings is 1. The van der Waals surface area contributed by atoms with Crippen molar-refractivity contribution in [3.8, 4) is 5.69 Å². The lowest BCUT2D eigenvalue weighted by Gasteiger charge is -2.21. The highest BCUT2D eigenvalue weighted by Crippen LogP contribution is 2.30. The van der Waals surface area contributed by atoms with Crippen molar-refractivity contribution < 1.29 is 0 Å². The van der Waals surface area contributed by atoms with E-state index in [2.05, 4.69) is 48.9 Å². The molecule has 1 aliphatic rings. The fourth-order valence-corrected chi connectivity index (χ4v) is 3.03. The minimum atomic E-state index is 0.0121. The van der Waals surface area contributed by atoms with Gasteiger partial charge in [-0.3, -0.25) is 9.25 Å². The van der Waals surface area contributed by atoms with Crippen molar-refractivity contribution >= 4 is 0 Å². The standard InChI is InChI=1S/C16H25N5/c1-6-11-14(10-20(5)19-11)21-13-7-8-17-9-12(13)18-15(21)16(2,3)4/h10,17H,6-9H2,1-5H3. The predicted octanol–water partition coefficient (Wildman–Crippen LogP) is 2.11. The highest BCUT2D eigenvalue weighted by Gasteiger charge is 2.29. The van der Waals surface area contributed by atoms with Gasteiger partial charge in [0.25, 0.3) is 0 Å². The number of nitrogens with zero attached hydrogens (tertiary/aromatic N) is 4. The maximum absolute atomic E-state index is 4.95. The molecule has 0 bridgehead atoms. The van der Waals surface area contributed by atoms with E-state index in [1.165, 1.54) is 17.1 Å². The molecule has 0 saturated carbocycles. The minimum absolute atomic E-state index is 0.0121. The Morgan fingerprint density at radius 2 is 2.10 bits per heavy atom. The molecule has 0 unspecified atom stereocenters. The lowest BCUT2D eigenvalue weighted by atomic mass is 9.95. The fraction of sp³-hybridized carbons (Fsp3) is 0.625. The first-order valence-electron chi connectivity index (χ1n) is 7.76. The normalized spacial score (nSPS) is 15.3. The van der Waals surface area contributed by atoms with E-state index >= 15 is 0 Å². The summed E-state index contributed by atoms with van der Waals surface area (Å²) in [4.78, 5) is 4.95. The first-order valence-corrected chi connectivity index (χ1v) is 7.76. The van der Waals surface area contributed by atoms with E-state index in [1.807, 2.05) is 11.7 Å². The van der Waals surface area contributed by atoms with Crippen molar-refractivity contribution in [2.75, 3.05) is 6.54 Å². The van der Waals surface area contributed by atoms with Crippen molar-refractivity contribution in [1.82, 2.24) is 24.6 Å². The molecule has 0 aliphatic carbocycles. The second kappa shape index (κ2) is 4.98. The maximum atomic E-state index is 4.95. The molecule has 5 heteroatoms. The molecule has 1 aliphatic heterocycles. The van der Waals surface area contributed by atoms with Crippen LogP contribution >= 0.6 is 0 Å². The summed E-state index contributed by atoms with van der Waals surface area (Å²) >= 11 is 0. The van der Waals surface area contributed by atoms with Gasteiger partial charge in [-0.05, 0) is 6.42 Å².